The average molecular weight is 253 g/mol. The summed E-state index contributed by atoms with van der Waals surface area (Å²) in [5.41, 5.74) is 5.40. The topological polar surface area (TPSA) is 116 Å². The van der Waals surface area contributed by atoms with Crippen molar-refractivity contribution in [3.63, 3.8) is 0 Å². The summed E-state index contributed by atoms with van der Waals surface area (Å²) in [5.74, 6) is -2.20. The van der Waals surface area contributed by atoms with Crippen LogP contribution in [0.15, 0.2) is 12.3 Å². The van der Waals surface area contributed by atoms with E-state index in [0.29, 0.717) is 13.0 Å². The summed E-state index contributed by atoms with van der Waals surface area (Å²) in [5, 5.41) is 8.72. The average Bonchev–Trinajstić information content (AvgIpc) is 2.76. The van der Waals surface area contributed by atoms with Crippen LogP contribution in [0.3, 0.4) is 0 Å². The van der Waals surface area contributed by atoms with Crippen molar-refractivity contribution < 1.29 is 19.5 Å². The summed E-state index contributed by atoms with van der Waals surface area (Å²) in [6.07, 6.45) is 1.96. The molecule has 1 aromatic rings. The molecule has 0 bridgehead atoms. The second-order valence-electron chi connectivity index (χ2n) is 3.79. The summed E-state index contributed by atoms with van der Waals surface area (Å²) in [6.45, 7) is 1.79. The number of nitrogens with zero attached hydrogens (tertiary/aromatic N) is 1. The second-order valence-corrected chi connectivity index (χ2v) is 3.79. The molecule has 0 radical (unpaired) electrons. The normalized spacial score (nSPS) is 10.1. The standard InChI is InChI=1S/C11H15N3O4/c1-2-3-14(6-9(15)16)11(18)8-4-7(5-13-8)10(12)17/h4-5,13H,2-3,6H2,1H3,(H2,12,17)(H,15,16). The van der Waals surface area contributed by atoms with Gasteiger partial charge >= 0.3 is 5.97 Å². The monoisotopic (exact) mass is 253 g/mol. The van der Waals surface area contributed by atoms with Crippen LogP contribution in [-0.2, 0) is 4.79 Å². The molecule has 7 nitrogen and oxygen atoms in total. The summed E-state index contributed by atoms with van der Waals surface area (Å²) in [6, 6.07) is 1.31. The molecule has 18 heavy (non-hydrogen) atoms. The van der Waals surface area contributed by atoms with Crippen molar-refractivity contribution >= 4 is 17.8 Å². The van der Waals surface area contributed by atoms with Gasteiger partial charge < -0.3 is 20.7 Å². The van der Waals surface area contributed by atoms with Gasteiger partial charge in [0.15, 0.2) is 0 Å². The van der Waals surface area contributed by atoms with Crippen molar-refractivity contribution in [2.45, 2.75) is 13.3 Å². The number of amides is 2. The molecular formula is C11H15N3O4. The molecule has 7 heteroatoms. The smallest absolute Gasteiger partial charge is 0.323 e. The van der Waals surface area contributed by atoms with Gasteiger partial charge in [0.05, 0.1) is 5.56 Å². The summed E-state index contributed by atoms with van der Waals surface area (Å²) in [7, 11) is 0. The largest absolute Gasteiger partial charge is 0.480 e. The van der Waals surface area contributed by atoms with Crippen molar-refractivity contribution in [2.24, 2.45) is 5.73 Å². The first-order valence-electron chi connectivity index (χ1n) is 5.45. The van der Waals surface area contributed by atoms with Gasteiger partial charge in [0.2, 0.25) is 5.91 Å². The molecule has 0 aromatic carbocycles. The number of nitrogens with one attached hydrogen (secondary N) is 1. The maximum atomic E-state index is 12.0. The van der Waals surface area contributed by atoms with Gasteiger partial charge in [0.1, 0.15) is 12.2 Å². The SMILES string of the molecule is CCCN(CC(=O)O)C(=O)c1cc(C(N)=O)c[nH]1. The zero-order valence-corrected chi connectivity index (χ0v) is 9.97. The van der Waals surface area contributed by atoms with Crippen LogP contribution in [0.2, 0.25) is 0 Å². The van der Waals surface area contributed by atoms with Gasteiger partial charge in [0.25, 0.3) is 5.91 Å². The third-order valence-corrected chi connectivity index (χ3v) is 2.30. The molecule has 0 fully saturated rings. The Hall–Kier alpha value is -2.31. The Kier molecular flexibility index (Phi) is 4.47. The first-order valence-corrected chi connectivity index (χ1v) is 5.45. The van der Waals surface area contributed by atoms with Gasteiger partial charge in [-0.05, 0) is 12.5 Å². The molecule has 0 unspecified atom stereocenters. The highest BCUT2D eigenvalue weighted by molar-refractivity contribution is 5.99. The highest BCUT2D eigenvalue weighted by Gasteiger charge is 2.19. The highest BCUT2D eigenvalue weighted by Crippen LogP contribution is 2.07. The van der Waals surface area contributed by atoms with Gasteiger partial charge in [-0.3, -0.25) is 14.4 Å². The molecular weight excluding hydrogens is 238 g/mol. The van der Waals surface area contributed by atoms with Crippen molar-refractivity contribution in [1.29, 1.82) is 0 Å². The molecule has 2 amide bonds. The van der Waals surface area contributed by atoms with Gasteiger partial charge in [-0.15, -0.1) is 0 Å². The fraction of sp³-hybridized carbons (Fsp3) is 0.364. The van der Waals surface area contributed by atoms with Crippen LogP contribution in [0.25, 0.3) is 0 Å². The van der Waals surface area contributed by atoms with E-state index >= 15 is 0 Å². The number of primary amides is 1. The van der Waals surface area contributed by atoms with E-state index in [-0.39, 0.29) is 17.8 Å². The molecule has 0 aliphatic heterocycles. The van der Waals surface area contributed by atoms with Crippen molar-refractivity contribution in [1.82, 2.24) is 9.88 Å². The molecule has 0 atom stereocenters. The first-order chi connectivity index (χ1) is 8.45. The highest BCUT2D eigenvalue weighted by atomic mass is 16.4. The number of hydrogen-bond donors (Lipinski definition) is 3. The third kappa shape index (κ3) is 3.34. The number of carbonyl (C=O) groups is 3. The third-order valence-electron chi connectivity index (χ3n) is 2.30. The number of rotatable bonds is 6. The molecule has 98 valence electrons. The van der Waals surface area contributed by atoms with Crippen LogP contribution in [0, 0.1) is 0 Å². The maximum Gasteiger partial charge on any atom is 0.323 e. The van der Waals surface area contributed by atoms with E-state index in [4.69, 9.17) is 10.8 Å². The van der Waals surface area contributed by atoms with E-state index in [2.05, 4.69) is 4.98 Å². The first kappa shape index (κ1) is 13.8. The Balaban J connectivity index is 2.87. The zero-order chi connectivity index (χ0) is 13.7. The minimum atomic E-state index is -1.08. The van der Waals surface area contributed by atoms with Gasteiger partial charge in [0, 0.05) is 12.7 Å². The second kappa shape index (κ2) is 5.85. The number of aliphatic carboxylic acids is 1. The number of carboxylic acid groups (broad SMARTS) is 1. The van der Waals surface area contributed by atoms with Crippen molar-refractivity contribution in [3.05, 3.63) is 23.5 Å². The minimum absolute atomic E-state index is 0.151. The molecule has 0 saturated heterocycles. The number of nitrogens with two attached hydrogens (primary N) is 1. The molecule has 1 heterocycles. The van der Waals surface area contributed by atoms with Gasteiger partial charge in [-0.2, -0.15) is 0 Å². The van der Waals surface area contributed by atoms with Gasteiger partial charge in [-0.25, -0.2) is 0 Å². The van der Waals surface area contributed by atoms with Crippen LogP contribution < -0.4 is 5.73 Å². The van der Waals surface area contributed by atoms with E-state index in [0.717, 1.165) is 0 Å². The lowest BCUT2D eigenvalue weighted by Crippen LogP contribution is -2.36. The lowest BCUT2D eigenvalue weighted by atomic mass is 10.2. The number of aromatic nitrogens is 1. The molecule has 0 saturated carbocycles. The van der Waals surface area contributed by atoms with E-state index in [1.165, 1.54) is 17.2 Å². The summed E-state index contributed by atoms with van der Waals surface area (Å²) < 4.78 is 0. The molecule has 0 spiro atoms. The number of H-pyrrole nitrogens is 1. The van der Waals surface area contributed by atoms with E-state index in [9.17, 15) is 14.4 Å². The Morgan fingerprint density at radius 1 is 1.44 bits per heavy atom. The quantitative estimate of drug-likeness (QED) is 0.664. The fourth-order valence-electron chi connectivity index (χ4n) is 1.52. The number of hydrogen-bond acceptors (Lipinski definition) is 3. The minimum Gasteiger partial charge on any atom is -0.480 e. The number of carboxylic acids is 1. The molecule has 0 aliphatic carbocycles. The Morgan fingerprint density at radius 3 is 2.56 bits per heavy atom. The predicted molar refractivity (Wildman–Crippen MR) is 63.1 cm³/mol. The van der Waals surface area contributed by atoms with Crippen LogP contribution in [-0.4, -0.2) is 45.9 Å². The van der Waals surface area contributed by atoms with E-state index < -0.39 is 17.8 Å². The number of carbonyl (C=O) groups excluding carboxylic acids is 2. The molecule has 1 aromatic heterocycles. The maximum absolute atomic E-state index is 12.0. The zero-order valence-electron chi connectivity index (χ0n) is 9.97. The Labute approximate surface area is 104 Å². The van der Waals surface area contributed by atoms with E-state index in [1.54, 1.807) is 0 Å². The Morgan fingerprint density at radius 2 is 2.11 bits per heavy atom. The van der Waals surface area contributed by atoms with Gasteiger partial charge in [-0.1, -0.05) is 6.92 Å². The van der Waals surface area contributed by atoms with E-state index in [1.807, 2.05) is 6.92 Å². The summed E-state index contributed by atoms with van der Waals surface area (Å²) >= 11 is 0. The number of aromatic amines is 1. The van der Waals surface area contributed by atoms with Crippen LogP contribution in [0.4, 0.5) is 0 Å². The molecule has 0 aliphatic rings. The van der Waals surface area contributed by atoms with Crippen LogP contribution >= 0.6 is 0 Å². The Bertz CT molecular complexity index is 467. The fourth-order valence-corrected chi connectivity index (χ4v) is 1.52. The van der Waals surface area contributed by atoms with Crippen molar-refractivity contribution in [2.75, 3.05) is 13.1 Å². The lowest BCUT2D eigenvalue weighted by Gasteiger charge is -2.18. The van der Waals surface area contributed by atoms with Crippen molar-refractivity contribution in [3.8, 4) is 0 Å². The summed E-state index contributed by atoms with van der Waals surface area (Å²) in [4.78, 5) is 37.3. The van der Waals surface area contributed by atoms with Crippen LogP contribution in [0.5, 0.6) is 0 Å². The molecule has 1 rings (SSSR count). The lowest BCUT2D eigenvalue weighted by molar-refractivity contribution is -0.137. The van der Waals surface area contributed by atoms with Crippen LogP contribution in [0.1, 0.15) is 34.2 Å². The molecule has 4 N–H and O–H groups in total. The predicted octanol–water partition coefficient (Wildman–Crippen LogP) is 0.0504.